The van der Waals surface area contributed by atoms with Crippen LogP contribution >= 0.6 is 15.9 Å². The van der Waals surface area contributed by atoms with Crippen LogP contribution in [0, 0.1) is 0 Å². The van der Waals surface area contributed by atoms with E-state index in [0.717, 1.165) is 4.47 Å². The number of carbonyl (C=O) groups excluding carboxylic acids is 2. The van der Waals surface area contributed by atoms with Gasteiger partial charge >= 0.3 is 0 Å². The summed E-state index contributed by atoms with van der Waals surface area (Å²) in [6.07, 6.45) is 0.572. The molecule has 0 saturated heterocycles. The molecule has 86 valence electrons. The first-order valence-corrected chi connectivity index (χ1v) is 5.29. The minimum Gasteiger partial charge on any atom is -0.484 e. The number of benzene rings is 1. The van der Waals surface area contributed by atoms with Gasteiger partial charge in [-0.1, -0.05) is 0 Å². The monoisotopic (exact) mass is 286 g/mol. The lowest BCUT2D eigenvalue weighted by Crippen LogP contribution is -2.24. The van der Waals surface area contributed by atoms with Gasteiger partial charge in [0.25, 0.3) is 5.91 Å². The second kappa shape index (κ2) is 6.12. The van der Waals surface area contributed by atoms with Crippen LogP contribution in [0.15, 0.2) is 22.7 Å². The maximum Gasteiger partial charge on any atom is 0.257 e. The maximum atomic E-state index is 10.9. The number of rotatable bonds is 5. The summed E-state index contributed by atoms with van der Waals surface area (Å²) >= 11 is 3.27. The molecule has 2 amide bonds. The fraction of sp³-hybridized carbons (Fsp3) is 0.200. The van der Waals surface area contributed by atoms with E-state index in [4.69, 9.17) is 4.74 Å². The van der Waals surface area contributed by atoms with Crippen LogP contribution in [-0.2, 0) is 9.59 Å². The maximum absolute atomic E-state index is 10.9. The molecule has 16 heavy (non-hydrogen) atoms. The summed E-state index contributed by atoms with van der Waals surface area (Å²) in [6.45, 7) is -0.0569. The Bertz CT molecular complexity index is 396. The molecule has 0 radical (unpaired) electrons. The molecule has 0 aromatic heterocycles. The van der Waals surface area contributed by atoms with Gasteiger partial charge in [-0.3, -0.25) is 9.59 Å². The van der Waals surface area contributed by atoms with Crippen LogP contribution in [0.25, 0.3) is 0 Å². The Kier molecular flexibility index (Phi) is 4.78. The lowest BCUT2D eigenvalue weighted by molar-refractivity contribution is -0.122. The molecule has 0 aliphatic carbocycles. The number of carbonyl (C=O) groups is 2. The topological polar surface area (TPSA) is 67.4 Å². The van der Waals surface area contributed by atoms with E-state index in [1.54, 1.807) is 18.2 Å². The third kappa shape index (κ3) is 3.54. The van der Waals surface area contributed by atoms with Gasteiger partial charge in [-0.25, -0.2) is 0 Å². The van der Waals surface area contributed by atoms with Gasteiger partial charge in [0.1, 0.15) is 5.75 Å². The highest BCUT2D eigenvalue weighted by atomic mass is 79.9. The Morgan fingerprint density at radius 2 is 2.31 bits per heavy atom. The molecule has 2 N–H and O–H groups in total. The van der Waals surface area contributed by atoms with Crippen LogP contribution in [0.4, 0.5) is 5.69 Å². The van der Waals surface area contributed by atoms with Gasteiger partial charge in [-0.05, 0) is 28.1 Å². The summed E-state index contributed by atoms with van der Waals surface area (Å²) in [4.78, 5) is 21.3. The van der Waals surface area contributed by atoms with E-state index in [1.165, 1.54) is 7.05 Å². The Morgan fingerprint density at radius 1 is 1.56 bits per heavy atom. The minimum absolute atomic E-state index is 0.0569. The lowest BCUT2D eigenvalue weighted by atomic mass is 10.3. The van der Waals surface area contributed by atoms with Gasteiger partial charge in [-0.15, -0.1) is 0 Å². The molecule has 0 unspecified atom stereocenters. The standard InChI is InChI=1S/C10H11BrN2O3/c1-12-10(15)5-16-7-2-3-8(11)9(4-7)13-6-14/h2-4,6H,5H2,1H3,(H,12,15)(H,13,14). The summed E-state index contributed by atoms with van der Waals surface area (Å²) in [5.74, 6) is 0.295. The average Bonchev–Trinajstić information content (AvgIpc) is 2.30. The van der Waals surface area contributed by atoms with Crippen LogP contribution in [0.2, 0.25) is 0 Å². The molecule has 0 saturated carbocycles. The van der Waals surface area contributed by atoms with E-state index in [0.29, 0.717) is 17.8 Å². The normalized spacial score (nSPS) is 9.38. The number of anilines is 1. The second-order valence-electron chi connectivity index (χ2n) is 2.87. The molecular weight excluding hydrogens is 276 g/mol. The Morgan fingerprint density at radius 3 is 2.94 bits per heavy atom. The molecule has 0 aliphatic rings. The predicted octanol–water partition coefficient (Wildman–Crippen LogP) is 1.14. The fourth-order valence-corrected chi connectivity index (χ4v) is 1.35. The Balaban J connectivity index is 2.70. The molecule has 0 atom stereocenters. The minimum atomic E-state index is -0.215. The molecule has 0 heterocycles. The SMILES string of the molecule is CNC(=O)COc1ccc(Br)c(NC=O)c1. The van der Waals surface area contributed by atoms with Crippen molar-refractivity contribution < 1.29 is 14.3 Å². The zero-order valence-corrected chi connectivity index (χ0v) is 10.2. The summed E-state index contributed by atoms with van der Waals surface area (Å²) in [5, 5.41) is 4.95. The summed E-state index contributed by atoms with van der Waals surface area (Å²) in [5.41, 5.74) is 0.587. The molecule has 6 heteroatoms. The smallest absolute Gasteiger partial charge is 0.257 e. The number of amides is 2. The quantitative estimate of drug-likeness (QED) is 0.798. The molecular formula is C10H11BrN2O3. The van der Waals surface area contributed by atoms with Gasteiger partial charge in [0.15, 0.2) is 6.61 Å². The Hall–Kier alpha value is -1.56. The van der Waals surface area contributed by atoms with Gasteiger partial charge in [0, 0.05) is 17.6 Å². The molecule has 1 rings (SSSR count). The van der Waals surface area contributed by atoms with Crippen molar-refractivity contribution >= 4 is 33.9 Å². The largest absolute Gasteiger partial charge is 0.484 e. The summed E-state index contributed by atoms with van der Waals surface area (Å²) in [6, 6.07) is 5.05. The highest BCUT2D eigenvalue weighted by molar-refractivity contribution is 9.10. The molecule has 0 fully saturated rings. The zero-order valence-electron chi connectivity index (χ0n) is 8.62. The van der Waals surface area contributed by atoms with Gasteiger partial charge in [0.05, 0.1) is 5.69 Å². The number of halogens is 1. The summed E-state index contributed by atoms with van der Waals surface area (Å²) in [7, 11) is 1.53. The van der Waals surface area contributed by atoms with E-state index >= 15 is 0 Å². The molecule has 0 bridgehead atoms. The van der Waals surface area contributed by atoms with Crippen molar-refractivity contribution in [2.75, 3.05) is 19.0 Å². The molecule has 5 nitrogen and oxygen atoms in total. The molecule has 0 aliphatic heterocycles. The first kappa shape index (κ1) is 12.5. The molecule has 1 aromatic carbocycles. The van der Waals surface area contributed by atoms with Crippen molar-refractivity contribution in [1.82, 2.24) is 5.32 Å². The van der Waals surface area contributed by atoms with Gasteiger partial charge in [-0.2, -0.15) is 0 Å². The highest BCUT2D eigenvalue weighted by Crippen LogP contribution is 2.26. The van der Waals surface area contributed by atoms with Crippen LogP contribution in [0.3, 0.4) is 0 Å². The van der Waals surface area contributed by atoms with E-state index in [9.17, 15) is 9.59 Å². The number of likely N-dealkylation sites (N-methyl/N-ethyl adjacent to an activating group) is 1. The van der Waals surface area contributed by atoms with Crippen LogP contribution in [0.5, 0.6) is 5.75 Å². The first-order chi connectivity index (χ1) is 7.67. The van der Waals surface area contributed by atoms with Crippen molar-refractivity contribution in [3.63, 3.8) is 0 Å². The van der Waals surface area contributed by atoms with Crippen LogP contribution in [-0.4, -0.2) is 26.0 Å². The van der Waals surface area contributed by atoms with Crippen LogP contribution in [0.1, 0.15) is 0 Å². The fourth-order valence-electron chi connectivity index (χ4n) is 0.989. The van der Waals surface area contributed by atoms with Crippen molar-refractivity contribution in [3.8, 4) is 5.75 Å². The van der Waals surface area contributed by atoms with Crippen LogP contribution < -0.4 is 15.4 Å². The van der Waals surface area contributed by atoms with E-state index in [-0.39, 0.29) is 12.5 Å². The first-order valence-electron chi connectivity index (χ1n) is 4.50. The molecule has 1 aromatic rings. The van der Waals surface area contributed by atoms with Crippen molar-refractivity contribution in [2.24, 2.45) is 0 Å². The summed E-state index contributed by atoms with van der Waals surface area (Å²) < 4.78 is 5.95. The van der Waals surface area contributed by atoms with E-state index in [1.807, 2.05) is 0 Å². The second-order valence-corrected chi connectivity index (χ2v) is 3.72. The number of hydrogen-bond acceptors (Lipinski definition) is 3. The predicted molar refractivity (Wildman–Crippen MR) is 63.4 cm³/mol. The average molecular weight is 287 g/mol. The number of hydrogen-bond donors (Lipinski definition) is 2. The highest BCUT2D eigenvalue weighted by Gasteiger charge is 2.03. The number of ether oxygens (including phenoxy) is 1. The lowest BCUT2D eigenvalue weighted by Gasteiger charge is -2.08. The zero-order chi connectivity index (χ0) is 12.0. The van der Waals surface area contributed by atoms with Crippen molar-refractivity contribution in [1.29, 1.82) is 0 Å². The third-order valence-electron chi connectivity index (χ3n) is 1.80. The molecule has 0 spiro atoms. The number of nitrogens with one attached hydrogen (secondary N) is 2. The van der Waals surface area contributed by atoms with Gasteiger partial charge in [0.2, 0.25) is 6.41 Å². The van der Waals surface area contributed by atoms with Crippen molar-refractivity contribution in [3.05, 3.63) is 22.7 Å². The van der Waals surface area contributed by atoms with E-state index < -0.39 is 0 Å². The van der Waals surface area contributed by atoms with Crippen molar-refractivity contribution in [2.45, 2.75) is 0 Å². The Labute approximate surface area is 101 Å². The van der Waals surface area contributed by atoms with Gasteiger partial charge < -0.3 is 15.4 Å². The third-order valence-corrected chi connectivity index (χ3v) is 2.49. The van der Waals surface area contributed by atoms with E-state index in [2.05, 4.69) is 26.6 Å².